The fourth-order valence-corrected chi connectivity index (χ4v) is 2.28. The van der Waals surface area contributed by atoms with Crippen molar-refractivity contribution in [2.45, 2.75) is 20.3 Å². The van der Waals surface area contributed by atoms with Crippen LogP contribution in [0.1, 0.15) is 17.5 Å². The van der Waals surface area contributed by atoms with Gasteiger partial charge >= 0.3 is 0 Å². The van der Waals surface area contributed by atoms with Crippen LogP contribution in [-0.4, -0.2) is 24.8 Å². The first-order valence-corrected chi connectivity index (χ1v) is 5.64. The van der Waals surface area contributed by atoms with Crippen molar-refractivity contribution in [2.75, 3.05) is 24.6 Å². The van der Waals surface area contributed by atoms with Gasteiger partial charge in [-0.3, -0.25) is 0 Å². The summed E-state index contributed by atoms with van der Waals surface area (Å²) in [6, 6.07) is 6.45. The van der Waals surface area contributed by atoms with Gasteiger partial charge in [-0.2, -0.15) is 0 Å². The minimum absolute atomic E-state index is 0.321. The highest BCUT2D eigenvalue weighted by Crippen LogP contribution is 2.27. The van der Waals surface area contributed by atoms with Crippen LogP contribution in [0, 0.1) is 19.8 Å². The second-order valence-corrected chi connectivity index (χ2v) is 4.50. The monoisotopic (exact) mass is 205 g/mol. The molecule has 2 heteroatoms. The zero-order valence-electron chi connectivity index (χ0n) is 9.53. The molecule has 15 heavy (non-hydrogen) atoms. The van der Waals surface area contributed by atoms with Crippen molar-refractivity contribution >= 4 is 5.69 Å². The lowest BCUT2D eigenvalue weighted by molar-refractivity contribution is 0.238. The smallest absolute Gasteiger partial charge is 0.0476 e. The second kappa shape index (κ2) is 4.23. The Labute approximate surface area is 91.5 Å². The first-order valence-electron chi connectivity index (χ1n) is 5.64. The van der Waals surface area contributed by atoms with Crippen LogP contribution in [0.5, 0.6) is 0 Å². The Morgan fingerprint density at radius 3 is 2.87 bits per heavy atom. The summed E-state index contributed by atoms with van der Waals surface area (Å²) < 4.78 is 0. The van der Waals surface area contributed by atoms with Crippen molar-refractivity contribution in [3.8, 4) is 0 Å². The van der Waals surface area contributed by atoms with Gasteiger partial charge in [-0.25, -0.2) is 0 Å². The zero-order chi connectivity index (χ0) is 10.8. The van der Waals surface area contributed by atoms with Crippen molar-refractivity contribution in [1.82, 2.24) is 0 Å². The summed E-state index contributed by atoms with van der Waals surface area (Å²) in [6.45, 7) is 6.73. The molecule has 0 aromatic heterocycles. The van der Waals surface area contributed by atoms with Crippen LogP contribution >= 0.6 is 0 Å². The summed E-state index contributed by atoms with van der Waals surface area (Å²) in [7, 11) is 0. The Balaban J connectivity index is 2.20. The van der Waals surface area contributed by atoms with Gasteiger partial charge in [-0.1, -0.05) is 12.1 Å². The van der Waals surface area contributed by atoms with Crippen molar-refractivity contribution in [3.63, 3.8) is 0 Å². The van der Waals surface area contributed by atoms with E-state index in [0.717, 1.165) is 19.5 Å². The number of benzene rings is 1. The van der Waals surface area contributed by atoms with Gasteiger partial charge in [-0.05, 0) is 37.5 Å². The molecule has 82 valence electrons. The van der Waals surface area contributed by atoms with Crippen LogP contribution in [-0.2, 0) is 0 Å². The number of hydrogen-bond donors (Lipinski definition) is 1. The first kappa shape index (κ1) is 10.5. The highest BCUT2D eigenvalue weighted by Gasteiger charge is 2.22. The number of aliphatic hydroxyl groups excluding tert-OH is 1. The molecule has 1 aliphatic rings. The molecule has 1 unspecified atom stereocenters. The average Bonchev–Trinajstić information content (AvgIpc) is 2.70. The summed E-state index contributed by atoms with van der Waals surface area (Å²) in [5.74, 6) is 0.463. The molecule has 1 aromatic carbocycles. The van der Waals surface area contributed by atoms with Gasteiger partial charge in [-0.15, -0.1) is 0 Å². The third-order valence-electron chi connectivity index (χ3n) is 3.46. The molecule has 0 bridgehead atoms. The summed E-state index contributed by atoms with van der Waals surface area (Å²) in [6.07, 6.45) is 1.11. The van der Waals surface area contributed by atoms with E-state index in [-0.39, 0.29) is 0 Å². The zero-order valence-corrected chi connectivity index (χ0v) is 9.53. The van der Waals surface area contributed by atoms with Crippen LogP contribution in [0.15, 0.2) is 18.2 Å². The van der Waals surface area contributed by atoms with E-state index < -0.39 is 0 Å². The minimum Gasteiger partial charge on any atom is -0.396 e. The predicted octanol–water partition coefficient (Wildman–Crippen LogP) is 2.12. The number of hydrogen-bond acceptors (Lipinski definition) is 2. The second-order valence-electron chi connectivity index (χ2n) is 4.50. The van der Waals surface area contributed by atoms with Crippen molar-refractivity contribution < 1.29 is 5.11 Å². The molecule has 1 N–H and O–H groups in total. The standard InChI is InChI=1S/C13H19NO/c1-10-4-3-5-13(11(10)2)14-7-6-12(8-14)9-15/h3-5,12,15H,6-9H2,1-2H3. The maximum atomic E-state index is 9.13. The van der Waals surface area contributed by atoms with Gasteiger partial charge in [0.05, 0.1) is 0 Å². The Morgan fingerprint density at radius 2 is 2.20 bits per heavy atom. The number of rotatable bonds is 2. The molecule has 2 nitrogen and oxygen atoms in total. The Bertz CT molecular complexity index is 348. The maximum Gasteiger partial charge on any atom is 0.0476 e. The van der Waals surface area contributed by atoms with Crippen LogP contribution in [0.2, 0.25) is 0 Å². The van der Waals surface area contributed by atoms with E-state index in [2.05, 4.69) is 36.9 Å². The van der Waals surface area contributed by atoms with Gasteiger partial charge in [0.2, 0.25) is 0 Å². The topological polar surface area (TPSA) is 23.5 Å². The highest BCUT2D eigenvalue weighted by molar-refractivity contribution is 5.56. The van der Waals surface area contributed by atoms with Gasteiger partial charge in [0.1, 0.15) is 0 Å². The Kier molecular flexibility index (Phi) is 2.96. The van der Waals surface area contributed by atoms with E-state index in [1.54, 1.807) is 0 Å². The van der Waals surface area contributed by atoms with Crippen LogP contribution in [0.4, 0.5) is 5.69 Å². The molecule has 1 aliphatic heterocycles. The summed E-state index contributed by atoms with van der Waals surface area (Å²) in [5.41, 5.74) is 4.06. The van der Waals surface area contributed by atoms with Crippen molar-refractivity contribution in [3.05, 3.63) is 29.3 Å². The quantitative estimate of drug-likeness (QED) is 0.799. The SMILES string of the molecule is Cc1cccc(N2CCC(CO)C2)c1C. The lowest BCUT2D eigenvalue weighted by Gasteiger charge is -2.21. The molecule has 0 saturated carbocycles. The molecule has 0 spiro atoms. The molecule has 0 radical (unpaired) electrons. The van der Waals surface area contributed by atoms with Crippen molar-refractivity contribution in [2.24, 2.45) is 5.92 Å². The van der Waals surface area contributed by atoms with Gasteiger partial charge in [0, 0.05) is 31.3 Å². The van der Waals surface area contributed by atoms with E-state index >= 15 is 0 Å². The third kappa shape index (κ3) is 2.00. The van der Waals surface area contributed by atoms with Crippen LogP contribution < -0.4 is 4.90 Å². The normalized spacial score (nSPS) is 21.0. The Hall–Kier alpha value is -1.02. The fourth-order valence-electron chi connectivity index (χ4n) is 2.28. The molecule has 0 aliphatic carbocycles. The van der Waals surface area contributed by atoms with Gasteiger partial charge in [0.25, 0.3) is 0 Å². The molecule has 2 rings (SSSR count). The lowest BCUT2D eigenvalue weighted by Crippen LogP contribution is -2.21. The molecule has 1 heterocycles. The summed E-state index contributed by atoms with van der Waals surface area (Å²) in [4.78, 5) is 2.39. The van der Waals surface area contributed by atoms with E-state index in [1.165, 1.54) is 16.8 Å². The third-order valence-corrected chi connectivity index (χ3v) is 3.46. The Morgan fingerprint density at radius 1 is 1.40 bits per heavy atom. The van der Waals surface area contributed by atoms with Crippen molar-refractivity contribution in [1.29, 1.82) is 0 Å². The van der Waals surface area contributed by atoms with E-state index in [4.69, 9.17) is 5.11 Å². The van der Waals surface area contributed by atoms with Gasteiger partial charge in [0.15, 0.2) is 0 Å². The molecule has 1 atom stereocenters. The molecule has 0 amide bonds. The minimum atomic E-state index is 0.321. The summed E-state index contributed by atoms with van der Waals surface area (Å²) >= 11 is 0. The molecular formula is C13H19NO. The summed E-state index contributed by atoms with van der Waals surface area (Å²) in [5, 5.41) is 9.13. The first-order chi connectivity index (χ1) is 7.22. The number of anilines is 1. The predicted molar refractivity (Wildman–Crippen MR) is 63.3 cm³/mol. The molecule has 1 fully saturated rings. The molecule has 1 saturated heterocycles. The largest absolute Gasteiger partial charge is 0.396 e. The van der Waals surface area contributed by atoms with Crippen LogP contribution in [0.3, 0.4) is 0 Å². The molecular weight excluding hydrogens is 186 g/mol. The van der Waals surface area contributed by atoms with E-state index in [0.29, 0.717) is 12.5 Å². The van der Waals surface area contributed by atoms with E-state index in [1.807, 2.05) is 0 Å². The van der Waals surface area contributed by atoms with E-state index in [9.17, 15) is 0 Å². The lowest BCUT2D eigenvalue weighted by atomic mass is 10.1. The average molecular weight is 205 g/mol. The molecule has 1 aromatic rings. The number of aliphatic hydroxyl groups is 1. The fraction of sp³-hybridized carbons (Fsp3) is 0.538. The number of aryl methyl sites for hydroxylation is 1. The van der Waals surface area contributed by atoms with Gasteiger partial charge < -0.3 is 10.0 Å². The number of nitrogens with zero attached hydrogens (tertiary/aromatic N) is 1. The highest BCUT2D eigenvalue weighted by atomic mass is 16.3. The van der Waals surface area contributed by atoms with Crippen LogP contribution in [0.25, 0.3) is 0 Å². The maximum absolute atomic E-state index is 9.13.